The molecule has 0 bridgehead atoms. The highest BCUT2D eigenvalue weighted by molar-refractivity contribution is 5.94. The molecule has 28 heavy (non-hydrogen) atoms. The van der Waals surface area contributed by atoms with Gasteiger partial charge in [0.15, 0.2) is 11.5 Å². The second-order valence-electron chi connectivity index (χ2n) is 7.39. The van der Waals surface area contributed by atoms with Crippen molar-refractivity contribution in [3.05, 3.63) is 23.7 Å². The molecular formula is C23H37NO4. The van der Waals surface area contributed by atoms with E-state index in [-0.39, 0.29) is 5.78 Å². The average molecular weight is 392 g/mol. The van der Waals surface area contributed by atoms with Crippen LogP contribution in [0.3, 0.4) is 0 Å². The molecule has 5 heteroatoms. The normalized spacial score (nSPS) is 12.4. The number of esters is 1. The van der Waals surface area contributed by atoms with E-state index in [1.165, 1.54) is 71.1 Å². The fourth-order valence-electron chi connectivity index (χ4n) is 3.06. The maximum atomic E-state index is 12.2. The molecule has 1 aromatic rings. The van der Waals surface area contributed by atoms with Crippen LogP contribution in [0, 0.1) is 0 Å². The number of rotatable bonds is 16. The molecule has 5 nitrogen and oxygen atoms in total. The minimum absolute atomic E-state index is 0.0246. The average Bonchev–Trinajstić information content (AvgIpc) is 3.18. The molecule has 0 aliphatic carbocycles. The van der Waals surface area contributed by atoms with Crippen molar-refractivity contribution in [1.29, 1.82) is 0 Å². The van der Waals surface area contributed by atoms with Gasteiger partial charge >= 0.3 is 5.97 Å². The zero-order valence-corrected chi connectivity index (χ0v) is 17.9. The van der Waals surface area contributed by atoms with E-state index in [1.54, 1.807) is 19.1 Å². The van der Waals surface area contributed by atoms with Crippen molar-refractivity contribution in [1.82, 2.24) is 0 Å². The molecule has 0 amide bonds. The van der Waals surface area contributed by atoms with Gasteiger partial charge in [0.2, 0.25) is 0 Å². The Morgan fingerprint density at radius 3 is 2.14 bits per heavy atom. The molecule has 0 aromatic carbocycles. The van der Waals surface area contributed by atoms with Gasteiger partial charge in [-0.3, -0.25) is 9.79 Å². The van der Waals surface area contributed by atoms with Gasteiger partial charge in [-0.05, 0) is 25.5 Å². The Labute approximate surface area is 169 Å². The van der Waals surface area contributed by atoms with E-state index in [0.29, 0.717) is 17.9 Å². The van der Waals surface area contributed by atoms with E-state index < -0.39 is 12.0 Å². The van der Waals surface area contributed by atoms with Gasteiger partial charge in [-0.1, -0.05) is 71.1 Å². The summed E-state index contributed by atoms with van der Waals surface area (Å²) in [6, 6.07) is 2.78. The molecule has 158 valence electrons. The fourth-order valence-corrected chi connectivity index (χ4v) is 3.06. The number of nitrogens with zero attached hydrogens (tertiary/aromatic N) is 1. The quantitative estimate of drug-likeness (QED) is 0.147. The van der Waals surface area contributed by atoms with Gasteiger partial charge in [-0.2, -0.15) is 0 Å². The van der Waals surface area contributed by atoms with Crippen LogP contribution in [0.2, 0.25) is 0 Å². The highest BCUT2D eigenvalue weighted by atomic mass is 16.5. The molecule has 1 rings (SSSR count). The van der Waals surface area contributed by atoms with Crippen LogP contribution in [0.4, 0.5) is 0 Å². The van der Waals surface area contributed by atoms with Crippen LogP contribution in [-0.4, -0.2) is 31.1 Å². The molecule has 0 aliphatic heterocycles. The number of methoxy groups -OCH3 is 1. The van der Waals surface area contributed by atoms with Crippen LogP contribution in [0.25, 0.3) is 0 Å². The third-order valence-electron chi connectivity index (χ3n) is 4.88. The summed E-state index contributed by atoms with van der Waals surface area (Å²) in [5.41, 5.74) is 0. The van der Waals surface area contributed by atoms with Crippen molar-refractivity contribution >= 4 is 18.0 Å². The number of hydrogen-bond donors (Lipinski definition) is 0. The largest absolute Gasteiger partial charge is 0.467 e. The van der Waals surface area contributed by atoms with Gasteiger partial charge in [0.05, 0.1) is 13.3 Å². The van der Waals surface area contributed by atoms with Gasteiger partial charge in [0.1, 0.15) is 11.8 Å². The van der Waals surface area contributed by atoms with Gasteiger partial charge in [0.25, 0.3) is 0 Å². The van der Waals surface area contributed by atoms with E-state index in [4.69, 9.17) is 4.42 Å². The van der Waals surface area contributed by atoms with Crippen LogP contribution in [0.5, 0.6) is 0 Å². The minimum Gasteiger partial charge on any atom is -0.467 e. The van der Waals surface area contributed by atoms with Gasteiger partial charge in [-0.15, -0.1) is 0 Å². The Kier molecular flexibility index (Phi) is 13.0. The first-order valence-electron chi connectivity index (χ1n) is 10.8. The molecule has 0 aliphatic rings. The molecule has 0 spiro atoms. The summed E-state index contributed by atoms with van der Waals surface area (Å²) in [5, 5.41) is 0. The molecule has 1 atom stereocenters. The number of furan rings is 1. The van der Waals surface area contributed by atoms with E-state index >= 15 is 0 Å². The topological polar surface area (TPSA) is 68.9 Å². The van der Waals surface area contributed by atoms with Crippen molar-refractivity contribution in [3.63, 3.8) is 0 Å². The van der Waals surface area contributed by atoms with Crippen molar-refractivity contribution < 1.29 is 18.7 Å². The number of aliphatic imine (C=N–C) groups is 1. The Hall–Kier alpha value is -1.91. The fraction of sp³-hybridized carbons (Fsp3) is 0.696. The summed E-state index contributed by atoms with van der Waals surface area (Å²) in [6.45, 7) is 3.89. The van der Waals surface area contributed by atoms with Crippen LogP contribution < -0.4 is 0 Å². The molecule has 1 heterocycles. The molecule has 1 unspecified atom stereocenters. The second kappa shape index (κ2) is 15.1. The number of hydrogen-bond acceptors (Lipinski definition) is 5. The molecule has 0 fully saturated rings. The summed E-state index contributed by atoms with van der Waals surface area (Å²) in [6.07, 6.45) is 15.9. The van der Waals surface area contributed by atoms with Crippen molar-refractivity contribution in [2.24, 2.45) is 4.99 Å². The maximum absolute atomic E-state index is 12.2. The first-order chi connectivity index (χ1) is 13.6. The highest BCUT2D eigenvalue weighted by Crippen LogP contribution is 2.14. The zero-order chi connectivity index (χ0) is 20.6. The van der Waals surface area contributed by atoms with Crippen LogP contribution in [0.15, 0.2) is 21.5 Å². The summed E-state index contributed by atoms with van der Waals surface area (Å²) in [5.74, 6) is 0.449. The smallest absolute Gasteiger partial charge is 0.330 e. The third-order valence-corrected chi connectivity index (χ3v) is 4.88. The number of carbonyl (C=O) groups is 2. The van der Waals surface area contributed by atoms with Crippen molar-refractivity contribution in [2.45, 2.75) is 96.9 Å². The summed E-state index contributed by atoms with van der Waals surface area (Å²) in [4.78, 5) is 27.6. The second-order valence-corrected chi connectivity index (χ2v) is 7.39. The minimum atomic E-state index is -0.592. The first kappa shape index (κ1) is 24.1. The molecule has 0 radical (unpaired) electrons. The summed E-state index contributed by atoms with van der Waals surface area (Å²) < 4.78 is 10.1. The molecular weight excluding hydrogens is 354 g/mol. The third kappa shape index (κ3) is 10.4. The predicted molar refractivity (Wildman–Crippen MR) is 113 cm³/mol. The maximum Gasteiger partial charge on any atom is 0.330 e. The van der Waals surface area contributed by atoms with Gasteiger partial charge < -0.3 is 9.15 Å². The van der Waals surface area contributed by atoms with Crippen molar-refractivity contribution in [3.8, 4) is 0 Å². The van der Waals surface area contributed by atoms with Gasteiger partial charge in [0, 0.05) is 6.42 Å². The zero-order valence-electron chi connectivity index (χ0n) is 17.9. The summed E-state index contributed by atoms with van der Waals surface area (Å²) >= 11 is 0. The standard InChI is InChI=1S/C23H37NO4/c1-4-5-6-7-8-9-10-11-12-13-14-15-21(25)22-17-16-20(28-22)18-24-19(2)23(26)27-3/h16-19H,4-15H2,1-3H3. The predicted octanol–water partition coefficient (Wildman–Crippen LogP) is 6.14. The highest BCUT2D eigenvalue weighted by Gasteiger charge is 2.12. The van der Waals surface area contributed by atoms with Crippen LogP contribution in [-0.2, 0) is 9.53 Å². The molecule has 0 saturated carbocycles. The van der Waals surface area contributed by atoms with Gasteiger partial charge in [-0.25, -0.2) is 4.79 Å². The lowest BCUT2D eigenvalue weighted by atomic mass is 10.0. The lowest BCUT2D eigenvalue weighted by Crippen LogP contribution is -2.16. The van der Waals surface area contributed by atoms with E-state index in [0.717, 1.165) is 12.8 Å². The molecule has 0 N–H and O–H groups in total. The van der Waals surface area contributed by atoms with E-state index in [1.807, 2.05) is 0 Å². The van der Waals surface area contributed by atoms with E-state index in [9.17, 15) is 9.59 Å². The van der Waals surface area contributed by atoms with E-state index in [2.05, 4.69) is 16.7 Å². The first-order valence-corrected chi connectivity index (χ1v) is 10.8. The Balaban J connectivity index is 2.14. The number of ketones is 1. The van der Waals surface area contributed by atoms with Crippen LogP contribution >= 0.6 is 0 Å². The Morgan fingerprint density at radius 2 is 1.57 bits per heavy atom. The van der Waals surface area contributed by atoms with Crippen molar-refractivity contribution in [2.75, 3.05) is 7.11 Å². The number of carbonyl (C=O) groups excluding carboxylic acids is 2. The van der Waals surface area contributed by atoms with Crippen LogP contribution in [0.1, 0.15) is 107 Å². The SMILES string of the molecule is CCCCCCCCCCCCCC(=O)c1ccc(C=NC(C)C(=O)OC)o1. The molecule has 1 aromatic heterocycles. The summed E-state index contributed by atoms with van der Waals surface area (Å²) in [7, 11) is 1.33. The lowest BCUT2D eigenvalue weighted by molar-refractivity contribution is -0.141. The Bertz CT molecular complexity index is 591. The lowest BCUT2D eigenvalue weighted by Gasteiger charge is -2.02. The number of unbranched alkanes of at least 4 members (excludes halogenated alkanes) is 10. The number of Topliss-reactive ketones (excluding diaryl/α,β-unsaturated/α-hetero) is 1. The monoisotopic (exact) mass is 391 g/mol. The molecule has 0 saturated heterocycles. The number of ether oxygens (including phenoxy) is 1. The Morgan fingerprint density at radius 1 is 1.00 bits per heavy atom.